The number of aromatic nitrogens is 1. The molecule has 26 heavy (non-hydrogen) atoms. The van der Waals surface area contributed by atoms with Crippen molar-refractivity contribution < 1.29 is 14.6 Å². The third kappa shape index (κ3) is 3.98. The lowest BCUT2D eigenvalue weighted by Gasteiger charge is -2.39. The summed E-state index contributed by atoms with van der Waals surface area (Å²) in [5.74, 6) is 0.255. The molecule has 1 aromatic heterocycles. The van der Waals surface area contributed by atoms with E-state index in [2.05, 4.69) is 9.88 Å². The zero-order chi connectivity index (χ0) is 18.5. The van der Waals surface area contributed by atoms with Crippen LogP contribution in [0.1, 0.15) is 22.0 Å². The van der Waals surface area contributed by atoms with Crippen molar-refractivity contribution in [1.82, 2.24) is 14.8 Å². The van der Waals surface area contributed by atoms with Crippen molar-refractivity contribution in [3.05, 3.63) is 58.7 Å². The highest BCUT2D eigenvalue weighted by Crippen LogP contribution is 2.25. The number of amides is 1. The predicted octanol–water partition coefficient (Wildman–Crippen LogP) is 2.24. The second-order valence-corrected chi connectivity index (χ2v) is 6.58. The Morgan fingerprint density at radius 1 is 1.27 bits per heavy atom. The monoisotopic (exact) mass is 375 g/mol. The highest BCUT2D eigenvalue weighted by molar-refractivity contribution is 6.30. The SMILES string of the molecule is COc1ncccc1C(=O)N1CCN([C@@H](CO)c2cccc(Cl)c2)CC1. The van der Waals surface area contributed by atoms with Gasteiger partial charge in [-0.2, -0.15) is 0 Å². The fraction of sp³-hybridized carbons (Fsp3) is 0.368. The molecule has 0 unspecified atom stereocenters. The highest BCUT2D eigenvalue weighted by atomic mass is 35.5. The second-order valence-electron chi connectivity index (χ2n) is 6.14. The molecule has 0 saturated carbocycles. The molecule has 7 heteroatoms. The summed E-state index contributed by atoms with van der Waals surface area (Å²) in [6.45, 7) is 2.50. The maximum atomic E-state index is 12.8. The largest absolute Gasteiger partial charge is 0.480 e. The lowest BCUT2D eigenvalue weighted by molar-refractivity contribution is 0.0474. The van der Waals surface area contributed by atoms with Gasteiger partial charge in [0, 0.05) is 37.4 Å². The lowest BCUT2D eigenvalue weighted by atomic mass is 10.0. The molecule has 0 spiro atoms. The Hall–Kier alpha value is -2.15. The van der Waals surface area contributed by atoms with Crippen LogP contribution >= 0.6 is 11.6 Å². The minimum Gasteiger partial charge on any atom is -0.480 e. The van der Waals surface area contributed by atoms with Crippen molar-refractivity contribution in [2.24, 2.45) is 0 Å². The second kappa shape index (κ2) is 8.49. The number of halogens is 1. The van der Waals surface area contributed by atoms with Gasteiger partial charge >= 0.3 is 0 Å². The Morgan fingerprint density at radius 3 is 2.69 bits per heavy atom. The van der Waals surface area contributed by atoms with Crippen LogP contribution < -0.4 is 4.74 Å². The van der Waals surface area contributed by atoms with Gasteiger partial charge in [-0.1, -0.05) is 23.7 Å². The first-order valence-electron chi connectivity index (χ1n) is 8.52. The summed E-state index contributed by atoms with van der Waals surface area (Å²) in [6.07, 6.45) is 1.60. The number of ether oxygens (including phenoxy) is 1. The first-order chi connectivity index (χ1) is 12.6. The number of carbonyl (C=O) groups excluding carboxylic acids is 1. The number of rotatable bonds is 5. The third-order valence-electron chi connectivity index (χ3n) is 4.64. The summed E-state index contributed by atoms with van der Waals surface area (Å²) < 4.78 is 5.19. The van der Waals surface area contributed by atoms with Crippen LogP contribution in [-0.2, 0) is 0 Å². The molecule has 1 fully saturated rings. The van der Waals surface area contributed by atoms with E-state index >= 15 is 0 Å². The number of benzene rings is 1. The van der Waals surface area contributed by atoms with Crippen LogP contribution in [0.25, 0.3) is 0 Å². The van der Waals surface area contributed by atoms with Crippen molar-refractivity contribution in [3.8, 4) is 5.88 Å². The van der Waals surface area contributed by atoms with Gasteiger partial charge in [-0.3, -0.25) is 9.69 Å². The van der Waals surface area contributed by atoms with Gasteiger partial charge in [0.25, 0.3) is 5.91 Å². The molecule has 1 aliphatic heterocycles. The molecule has 2 heterocycles. The predicted molar refractivity (Wildman–Crippen MR) is 99.5 cm³/mol. The Morgan fingerprint density at radius 2 is 2.04 bits per heavy atom. The quantitative estimate of drug-likeness (QED) is 0.868. The van der Waals surface area contributed by atoms with E-state index in [0.717, 1.165) is 5.56 Å². The molecule has 6 nitrogen and oxygen atoms in total. The number of piperazine rings is 1. The fourth-order valence-corrected chi connectivity index (χ4v) is 3.47. The molecule has 0 aliphatic carbocycles. The van der Waals surface area contributed by atoms with Gasteiger partial charge in [-0.25, -0.2) is 4.98 Å². The maximum Gasteiger partial charge on any atom is 0.259 e. The third-order valence-corrected chi connectivity index (χ3v) is 4.88. The van der Waals surface area contributed by atoms with Gasteiger partial charge in [0.05, 0.1) is 19.8 Å². The van der Waals surface area contributed by atoms with Gasteiger partial charge in [0.2, 0.25) is 5.88 Å². The average molecular weight is 376 g/mol. The van der Waals surface area contributed by atoms with E-state index in [9.17, 15) is 9.90 Å². The Bertz CT molecular complexity index is 763. The molecule has 1 atom stereocenters. The van der Waals surface area contributed by atoms with Gasteiger partial charge in [0.15, 0.2) is 0 Å². The summed E-state index contributed by atoms with van der Waals surface area (Å²) in [7, 11) is 1.51. The van der Waals surface area contributed by atoms with Crippen LogP contribution in [0, 0.1) is 0 Å². The first kappa shape index (κ1) is 18.6. The number of hydrogen-bond acceptors (Lipinski definition) is 5. The number of nitrogens with zero attached hydrogens (tertiary/aromatic N) is 3. The van der Waals surface area contributed by atoms with Gasteiger partial charge in [-0.05, 0) is 29.8 Å². The standard InChI is InChI=1S/C19H22ClN3O3/c1-26-18-16(6-3-7-21-18)19(25)23-10-8-22(9-11-23)17(13-24)14-4-2-5-15(20)12-14/h2-7,12,17,24H,8-11,13H2,1H3/t17-/m0/s1. The molecule has 1 N–H and O–H groups in total. The van der Waals surface area contributed by atoms with E-state index in [-0.39, 0.29) is 18.6 Å². The number of hydrogen-bond donors (Lipinski definition) is 1. The molecule has 2 aromatic rings. The van der Waals surface area contributed by atoms with Crippen LogP contribution in [0.3, 0.4) is 0 Å². The van der Waals surface area contributed by atoms with Crippen molar-refractivity contribution >= 4 is 17.5 Å². The van der Waals surface area contributed by atoms with E-state index in [4.69, 9.17) is 16.3 Å². The molecular weight excluding hydrogens is 354 g/mol. The summed E-state index contributed by atoms with van der Waals surface area (Å²) in [5, 5.41) is 10.5. The molecule has 1 aromatic carbocycles. The number of pyridine rings is 1. The number of aliphatic hydroxyl groups is 1. The van der Waals surface area contributed by atoms with E-state index in [1.807, 2.05) is 24.3 Å². The maximum absolute atomic E-state index is 12.8. The van der Waals surface area contributed by atoms with E-state index < -0.39 is 0 Å². The topological polar surface area (TPSA) is 65.9 Å². The van der Waals surface area contributed by atoms with Gasteiger partial charge in [0.1, 0.15) is 5.56 Å². The van der Waals surface area contributed by atoms with Crippen molar-refractivity contribution in [2.45, 2.75) is 6.04 Å². The molecule has 0 bridgehead atoms. The minimum absolute atomic E-state index is 0.00468. The average Bonchev–Trinajstić information content (AvgIpc) is 2.68. The van der Waals surface area contributed by atoms with Crippen LogP contribution in [0.2, 0.25) is 5.02 Å². The van der Waals surface area contributed by atoms with E-state index in [1.165, 1.54) is 7.11 Å². The molecular formula is C19H22ClN3O3. The number of methoxy groups -OCH3 is 1. The molecule has 1 amide bonds. The van der Waals surface area contributed by atoms with E-state index in [1.54, 1.807) is 23.2 Å². The first-order valence-corrected chi connectivity index (χ1v) is 8.90. The Labute approximate surface area is 158 Å². The summed E-state index contributed by atoms with van der Waals surface area (Å²) >= 11 is 6.08. The summed E-state index contributed by atoms with van der Waals surface area (Å²) in [4.78, 5) is 20.8. The summed E-state index contributed by atoms with van der Waals surface area (Å²) in [5.41, 5.74) is 1.45. The number of carbonyl (C=O) groups is 1. The van der Waals surface area contributed by atoms with Gasteiger partial charge in [-0.15, -0.1) is 0 Å². The van der Waals surface area contributed by atoms with Crippen molar-refractivity contribution in [3.63, 3.8) is 0 Å². The van der Waals surface area contributed by atoms with Crippen molar-refractivity contribution in [2.75, 3.05) is 39.9 Å². The van der Waals surface area contributed by atoms with Crippen molar-refractivity contribution in [1.29, 1.82) is 0 Å². The lowest BCUT2D eigenvalue weighted by Crippen LogP contribution is -2.50. The molecule has 0 radical (unpaired) electrons. The highest BCUT2D eigenvalue weighted by Gasteiger charge is 2.28. The van der Waals surface area contributed by atoms with Crippen LogP contribution in [0.4, 0.5) is 0 Å². The van der Waals surface area contributed by atoms with Crippen LogP contribution in [-0.4, -0.2) is 65.7 Å². The smallest absolute Gasteiger partial charge is 0.259 e. The molecule has 1 aliphatic rings. The zero-order valence-corrected chi connectivity index (χ0v) is 15.4. The normalized spacial score (nSPS) is 16.3. The molecule has 1 saturated heterocycles. The fourth-order valence-electron chi connectivity index (χ4n) is 3.27. The minimum atomic E-state index is -0.126. The number of aliphatic hydroxyl groups excluding tert-OH is 1. The van der Waals surface area contributed by atoms with Crippen LogP contribution in [0.15, 0.2) is 42.6 Å². The van der Waals surface area contributed by atoms with Gasteiger partial charge < -0.3 is 14.7 Å². The Kier molecular flexibility index (Phi) is 6.08. The zero-order valence-electron chi connectivity index (χ0n) is 14.6. The summed E-state index contributed by atoms with van der Waals surface area (Å²) in [6, 6.07) is 10.9. The molecule has 3 rings (SSSR count). The molecule has 138 valence electrons. The Balaban J connectivity index is 1.67. The van der Waals surface area contributed by atoms with Crippen LogP contribution in [0.5, 0.6) is 5.88 Å². The van der Waals surface area contributed by atoms with E-state index in [0.29, 0.717) is 42.6 Å².